The molecule has 1 aliphatic heterocycles. The lowest BCUT2D eigenvalue weighted by atomic mass is 10.0. The summed E-state index contributed by atoms with van der Waals surface area (Å²) in [4.78, 5) is 33.7. The molecule has 7 nitrogen and oxygen atoms in total. The Hall–Kier alpha value is -3.74. The summed E-state index contributed by atoms with van der Waals surface area (Å²) in [7, 11) is 0. The third kappa shape index (κ3) is 4.50. The Morgan fingerprint density at radius 3 is 2.49 bits per heavy atom. The maximum absolute atomic E-state index is 13.6. The summed E-state index contributed by atoms with van der Waals surface area (Å²) in [6, 6.07) is 18.0. The first-order chi connectivity index (χ1) is 16.9. The third-order valence-electron chi connectivity index (χ3n) is 7.07. The van der Waals surface area contributed by atoms with E-state index < -0.39 is 0 Å². The molecule has 5 rings (SSSR count). The van der Waals surface area contributed by atoms with E-state index in [0.717, 1.165) is 48.2 Å². The van der Waals surface area contributed by atoms with E-state index in [4.69, 9.17) is 4.98 Å². The van der Waals surface area contributed by atoms with Gasteiger partial charge in [0.1, 0.15) is 6.54 Å². The summed E-state index contributed by atoms with van der Waals surface area (Å²) < 4.78 is 3.24. The molecule has 0 radical (unpaired) electrons. The Bertz CT molecular complexity index is 1420. The topological polar surface area (TPSA) is 72.5 Å². The number of hydrogen-bond donors (Lipinski definition) is 0. The molecule has 0 bridgehead atoms. The third-order valence-corrected chi connectivity index (χ3v) is 7.07. The van der Waals surface area contributed by atoms with Crippen molar-refractivity contribution in [2.45, 2.75) is 59.0 Å². The molecule has 0 spiro atoms. The van der Waals surface area contributed by atoms with Gasteiger partial charge in [0.15, 0.2) is 5.82 Å². The predicted molar refractivity (Wildman–Crippen MR) is 136 cm³/mol. The van der Waals surface area contributed by atoms with Gasteiger partial charge in [-0.3, -0.25) is 9.59 Å². The normalized spacial score (nSPS) is 16.1. The van der Waals surface area contributed by atoms with Crippen LogP contribution in [0.1, 0.15) is 48.6 Å². The maximum atomic E-state index is 13.6. The van der Waals surface area contributed by atoms with Crippen molar-refractivity contribution in [2.75, 3.05) is 6.54 Å². The van der Waals surface area contributed by atoms with Crippen LogP contribution in [0.4, 0.5) is 0 Å². The lowest BCUT2D eigenvalue weighted by Gasteiger charge is -2.34. The van der Waals surface area contributed by atoms with Crippen LogP contribution in [0.15, 0.2) is 59.4 Å². The van der Waals surface area contributed by atoms with Crippen LogP contribution in [-0.2, 0) is 17.8 Å². The molecule has 0 unspecified atom stereocenters. The van der Waals surface area contributed by atoms with Gasteiger partial charge in [0.2, 0.25) is 11.7 Å². The Labute approximate surface area is 205 Å². The predicted octanol–water partition coefficient (Wildman–Crippen LogP) is 4.17. The molecule has 1 atom stereocenters. The summed E-state index contributed by atoms with van der Waals surface area (Å²) in [6.45, 7) is 6.95. The highest BCUT2D eigenvalue weighted by molar-refractivity contribution is 5.77. The number of hydrogen-bond acceptors (Lipinski definition) is 4. The number of nitrogens with zero attached hydrogens (tertiary/aromatic N) is 5. The molecule has 1 fully saturated rings. The Balaban J connectivity index is 1.64. The SMILES string of the molecule is Cc1ccc(-c2nc3n(CC(=O)N4CCCC[C@@H]4C)c(C)c(Cc4ccccc4)c(=O)n3n2)cc1. The zero-order chi connectivity index (χ0) is 24.5. The zero-order valence-electron chi connectivity index (χ0n) is 20.6. The van der Waals surface area contributed by atoms with Crippen LogP contribution in [-0.4, -0.2) is 42.6 Å². The van der Waals surface area contributed by atoms with Crippen LogP contribution in [0, 0.1) is 13.8 Å². The van der Waals surface area contributed by atoms with Gasteiger partial charge in [0.25, 0.3) is 5.56 Å². The van der Waals surface area contributed by atoms with Crippen molar-refractivity contribution in [3.05, 3.63) is 87.3 Å². The fourth-order valence-electron chi connectivity index (χ4n) is 4.92. The summed E-state index contributed by atoms with van der Waals surface area (Å²) >= 11 is 0. The van der Waals surface area contributed by atoms with E-state index in [2.05, 4.69) is 12.0 Å². The van der Waals surface area contributed by atoms with E-state index in [1.54, 1.807) is 0 Å². The van der Waals surface area contributed by atoms with Crippen molar-refractivity contribution < 1.29 is 4.79 Å². The minimum atomic E-state index is -0.192. The lowest BCUT2D eigenvalue weighted by Crippen LogP contribution is -2.44. The molecule has 1 aliphatic rings. The number of fused-ring (bicyclic) bond motifs is 1. The van der Waals surface area contributed by atoms with Gasteiger partial charge in [-0.15, -0.1) is 5.10 Å². The second-order valence-corrected chi connectivity index (χ2v) is 9.56. The van der Waals surface area contributed by atoms with Gasteiger partial charge in [-0.25, -0.2) is 0 Å². The fourth-order valence-corrected chi connectivity index (χ4v) is 4.92. The smallest absolute Gasteiger partial charge is 0.279 e. The molecule has 4 aromatic rings. The molecule has 7 heteroatoms. The van der Waals surface area contributed by atoms with Crippen LogP contribution < -0.4 is 5.56 Å². The van der Waals surface area contributed by atoms with Crippen molar-refractivity contribution in [1.82, 2.24) is 24.1 Å². The molecule has 0 N–H and O–H groups in total. The van der Waals surface area contributed by atoms with Gasteiger partial charge in [0, 0.05) is 35.8 Å². The number of aryl methyl sites for hydroxylation is 1. The summed E-state index contributed by atoms with van der Waals surface area (Å²) in [5.41, 5.74) is 4.20. The van der Waals surface area contributed by atoms with Crippen LogP contribution in [0.5, 0.6) is 0 Å². The van der Waals surface area contributed by atoms with Crippen LogP contribution >= 0.6 is 0 Å². The molecular formula is C28H31N5O2. The Kier molecular flexibility index (Phi) is 6.24. The van der Waals surface area contributed by atoms with Gasteiger partial charge in [-0.2, -0.15) is 9.50 Å². The molecule has 1 saturated heterocycles. The average molecular weight is 470 g/mol. The molecule has 35 heavy (non-hydrogen) atoms. The van der Waals surface area contributed by atoms with Crippen molar-refractivity contribution >= 4 is 11.7 Å². The Morgan fingerprint density at radius 1 is 1.03 bits per heavy atom. The van der Waals surface area contributed by atoms with E-state index in [-0.39, 0.29) is 24.1 Å². The van der Waals surface area contributed by atoms with Crippen LogP contribution in [0.3, 0.4) is 0 Å². The number of carbonyl (C=O) groups is 1. The number of likely N-dealkylation sites (tertiary alicyclic amines) is 1. The Morgan fingerprint density at radius 2 is 1.77 bits per heavy atom. The summed E-state index contributed by atoms with van der Waals surface area (Å²) in [5.74, 6) is 0.931. The number of carbonyl (C=O) groups excluding carboxylic acids is 1. The van der Waals surface area contributed by atoms with Crippen molar-refractivity contribution in [2.24, 2.45) is 0 Å². The summed E-state index contributed by atoms with van der Waals surface area (Å²) in [5, 5.41) is 4.60. The minimum absolute atomic E-state index is 0.0522. The van der Waals surface area contributed by atoms with Crippen molar-refractivity contribution in [1.29, 1.82) is 0 Å². The van der Waals surface area contributed by atoms with E-state index in [9.17, 15) is 9.59 Å². The van der Waals surface area contributed by atoms with Crippen molar-refractivity contribution in [3.8, 4) is 11.4 Å². The number of benzene rings is 2. The second kappa shape index (κ2) is 9.49. The minimum Gasteiger partial charge on any atom is -0.338 e. The van der Waals surface area contributed by atoms with Crippen LogP contribution in [0.25, 0.3) is 17.2 Å². The van der Waals surface area contributed by atoms with Gasteiger partial charge in [0.05, 0.1) is 0 Å². The van der Waals surface area contributed by atoms with Gasteiger partial charge in [-0.1, -0.05) is 60.2 Å². The number of piperidine rings is 1. The molecule has 2 aromatic heterocycles. The highest BCUT2D eigenvalue weighted by Crippen LogP contribution is 2.21. The van der Waals surface area contributed by atoms with Crippen molar-refractivity contribution in [3.63, 3.8) is 0 Å². The maximum Gasteiger partial charge on any atom is 0.279 e. The zero-order valence-corrected chi connectivity index (χ0v) is 20.6. The van der Waals surface area contributed by atoms with E-state index >= 15 is 0 Å². The first-order valence-corrected chi connectivity index (χ1v) is 12.3. The average Bonchev–Trinajstić information content (AvgIpc) is 3.31. The lowest BCUT2D eigenvalue weighted by molar-refractivity contribution is -0.135. The standard InChI is InChI=1S/C28H31N5O2/c1-19-12-14-23(15-13-19)26-29-28-32(18-25(34)31-16-8-7-9-20(31)2)21(3)24(27(35)33(28)30-26)17-22-10-5-4-6-11-22/h4-6,10-15,20H,7-9,16-18H2,1-3H3/t20-/m0/s1. The molecule has 3 heterocycles. The first kappa shape index (κ1) is 23.0. The molecule has 1 amide bonds. The van der Waals surface area contributed by atoms with Gasteiger partial charge in [-0.05, 0) is 45.6 Å². The molecular weight excluding hydrogens is 438 g/mol. The summed E-state index contributed by atoms with van der Waals surface area (Å²) in [6.07, 6.45) is 3.66. The van der Waals surface area contributed by atoms with E-state index in [1.807, 2.05) is 77.9 Å². The quantitative estimate of drug-likeness (QED) is 0.440. The highest BCUT2D eigenvalue weighted by Gasteiger charge is 2.26. The number of amides is 1. The molecule has 180 valence electrons. The molecule has 0 saturated carbocycles. The van der Waals surface area contributed by atoms with E-state index in [1.165, 1.54) is 4.52 Å². The first-order valence-electron chi connectivity index (χ1n) is 12.3. The molecule has 0 aliphatic carbocycles. The second-order valence-electron chi connectivity index (χ2n) is 9.56. The monoisotopic (exact) mass is 469 g/mol. The van der Waals surface area contributed by atoms with Gasteiger partial charge >= 0.3 is 0 Å². The van der Waals surface area contributed by atoms with Gasteiger partial charge < -0.3 is 9.47 Å². The fraction of sp³-hybridized carbons (Fsp3) is 0.357. The largest absolute Gasteiger partial charge is 0.338 e. The highest BCUT2D eigenvalue weighted by atomic mass is 16.2. The number of aromatic nitrogens is 4. The molecule has 2 aromatic carbocycles. The number of rotatable bonds is 5. The van der Waals surface area contributed by atoms with Crippen LogP contribution in [0.2, 0.25) is 0 Å². The van der Waals surface area contributed by atoms with E-state index in [0.29, 0.717) is 23.6 Å².